The van der Waals surface area contributed by atoms with Gasteiger partial charge < -0.3 is 40.9 Å². The monoisotopic (exact) mass is 462 g/mol. The highest BCUT2D eigenvalue weighted by molar-refractivity contribution is 6.45. The molecule has 0 fully saturated rings. The zero-order chi connectivity index (χ0) is 24.9. The Morgan fingerprint density at radius 1 is 0.727 bits per heavy atom. The normalized spacial score (nSPS) is 16.0. The number of phenols is 3. The molecule has 0 bridgehead atoms. The highest BCUT2D eigenvalue weighted by Crippen LogP contribution is 2.35. The Morgan fingerprint density at radius 2 is 1.24 bits per heavy atom. The average Bonchev–Trinajstić information content (AvgIpc) is 2.82. The first kappa shape index (κ1) is 25.6. The van der Waals surface area contributed by atoms with Gasteiger partial charge in [-0.2, -0.15) is 0 Å². The Hall–Kier alpha value is -3.61. The highest BCUT2D eigenvalue weighted by Gasteiger charge is 2.40. The van der Waals surface area contributed by atoms with Crippen molar-refractivity contribution in [2.24, 2.45) is 0 Å². The Balaban J connectivity index is 2.07. The number of carbonyl (C=O) groups is 3. The summed E-state index contributed by atoms with van der Waals surface area (Å²) in [5.74, 6) is -7.12. The molecule has 0 spiro atoms. The predicted molar refractivity (Wildman–Crippen MR) is 111 cm³/mol. The Labute approximate surface area is 186 Å². The second kappa shape index (κ2) is 10.8. The second-order valence-corrected chi connectivity index (χ2v) is 7.06. The van der Waals surface area contributed by atoms with E-state index in [0.717, 1.165) is 6.08 Å². The van der Waals surface area contributed by atoms with E-state index in [-0.39, 0.29) is 0 Å². The molecule has 8 N–H and O–H groups in total. The smallest absolute Gasteiger partial charge is 0.234 e. The van der Waals surface area contributed by atoms with Crippen LogP contribution in [0.4, 0.5) is 0 Å². The lowest BCUT2D eigenvalue weighted by molar-refractivity contribution is -0.154. The maximum atomic E-state index is 12.2. The quantitative estimate of drug-likeness (QED) is 0.0893. The fraction of sp³-hybridized carbons (Fsp3) is 0.227. The van der Waals surface area contributed by atoms with Crippen molar-refractivity contribution in [1.29, 1.82) is 0 Å². The van der Waals surface area contributed by atoms with Crippen LogP contribution in [0.15, 0.2) is 48.5 Å². The number of ketones is 3. The molecule has 33 heavy (non-hydrogen) atoms. The SMILES string of the molecule is O=C(C(=O)[C@H](O)[C@@H](O)[C@H](O)[C@H](O)C(O)C(=O)C=Cc1ccccc1)c1cc(O)c(O)c(O)c1. The molecular weight excluding hydrogens is 440 g/mol. The van der Waals surface area contributed by atoms with Gasteiger partial charge in [-0.1, -0.05) is 36.4 Å². The Bertz CT molecular complexity index is 1020. The molecule has 5 atom stereocenters. The Kier molecular flexibility index (Phi) is 8.40. The molecule has 0 amide bonds. The molecule has 11 nitrogen and oxygen atoms in total. The van der Waals surface area contributed by atoms with Gasteiger partial charge in [0.2, 0.25) is 11.6 Å². The zero-order valence-electron chi connectivity index (χ0n) is 16.9. The number of hydrogen-bond donors (Lipinski definition) is 8. The van der Waals surface area contributed by atoms with Crippen LogP contribution in [-0.4, -0.2) is 88.7 Å². The molecule has 2 rings (SSSR count). The lowest BCUT2D eigenvalue weighted by Gasteiger charge is -2.27. The van der Waals surface area contributed by atoms with E-state index in [9.17, 15) is 55.2 Å². The lowest BCUT2D eigenvalue weighted by Crippen LogP contribution is -2.53. The number of aromatic hydroxyl groups is 3. The van der Waals surface area contributed by atoms with Crippen LogP contribution in [0.2, 0.25) is 0 Å². The number of Topliss-reactive ketones (excluding diaryl/α,β-unsaturated/α-hetero) is 2. The molecular formula is C22H22O11. The van der Waals surface area contributed by atoms with Gasteiger partial charge in [0.1, 0.15) is 30.5 Å². The largest absolute Gasteiger partial charge is 0.504 e. The van der Waals surface area contributed by atoms with E-state index in [1.807, 2.05) is 0 Å². The van der Waals surface area contributed by atoms with Crippen molar-refractivity contribution < 1.29 is 55.2 Å². The van der Waals surface area contributed by atoms with Crippen LogP contribution in [0.3, 0.4) is 0 Å². The minimum atomic E-state index is -2.61. The van der Waals surface area contributed by atoms with E-state index >= 15 is 0 Å². The van der Waals surface area contributed by atoms with Crippen molar-refractivity contribution in [2.75, 3.05) is 0 Å². The third-order valence-electron chi connectivity index (χ3n) is 4.70. The molecule has 11 heteroatoms. The number of aliphatic hydroxyl groups excluding tert-OH is 5. The summed E-state index contributed by atoms with van der Waals surface area (Å²) >= 11 is 0. The van der Waals surface area contributed by atoms with Crippen LogP contribution in [0.1, 0.15) is 15.9 Å². The van der Waals surface area contributed by atoms with Crippen molar-refractivity contribution in [3.05, 3.63) is 59.7 Å². The summed E-state index contributed by atoms with van der Waals surface area (Å²) in [7, 11) is 0. The molecule has 0 aliphatic carbocycles. The van der Waals surface area contributed by atoms with Crippen molar-refractivity contribution in [2.45, 2.75) is 30.5 Å². The van der Waals surface area contributed by atoms with Gasteiger partial charge in [-0.25, -0.2) is 0 Å². The van der Waals surface area contributed by atoms with Crippen LogP contribution in [0.25, 0.3) is 6.08 Å². The molecule has 0 radical (unpaired) electrons. The van der Waals surface area contributed by atoms with Gasteiger partial charge in [-0.05, 0) is 23.8 Å². The summed E-state index contributed by atoms with van der Waals surface area (Å²) < 4.78 is 0. The van der Waals surface area contributed by atoms with Crippen molar-refractivity contribution in [3.8, 4) is 17.2 Å². The van der Waals surface area contributed by atoms with Crippen LogP contribution in [0.5, 0.6) is 17.2 Å². The zero-order valence-corrected chi connectivity index (χ0v) is 16.9. The summed E-state index contributed by atoms with van der Waals surface area (Å²) in [5, 5.41) is 78.0. The van der Waals surface area contributed by atoms with Gasteiger partial charge in [0.25, 0.3) is 0 Å². The molecule has 0 aliphatic heterocycles. The van der Waals surface area contributed by atoms with Crippen molar-refractivity contribution in [3.63, 3.8) is 0 Å². The van der Waals surface area contributed by atoms with Gasteiger partial charge in [-0.15, -0.1) is 0 Å². The van der Waals surface area contributed by atoms with E-state index in [1.165, 1.54) is 6.08 Å². The third kappa shape index (κ3) is 6.00. The first-order chi connectivity index (χ1) is 15.5. The van der Waals surface area contributed by atoms with E-state index in [0.29, 0.717) is 17.7 Å². The van der Waals surface area contributed by atoms with Crippen LogP contribution < -0.4 is 0 Å². The molecule has 176 valence electrons. The summed E-state index contributed by atoms with van der Waals surface area (Å²) in [5.41, 5.74) is -0.0608. The van der Waals surface area contributed by atoms with E-state index in [1.54, 1.807) is 30.3 Å². The summed E-state index contributed by atoms with van der Waals surface area (Å²) in [6.07, 6.45) is -9.88. The topological polar surface area (TPSA) is 213 Å². The average molecular weight is 462 g/mol. The molecule has 2 aromatic carbocycles. The number of hydrogen-bond acceptors (Lipinski definition) is 11. The molecule has 2 aromatic rings. The van der Waals surface area contributed by atoms with Crippen LogP contribution >= 0.6 is 0 Å². The summed E-state index contributed by atoms with van der Waals surface area (Å²) in [6.45, 7) is 0. The second-order valence-electron chi connectivity index (χ2n) is 7.06. The molecule has 0 saturated heterocycles. The van der Waals surface area contributed by atoms with E-state index < -0.39 is 70.7 Å². The minimum Gasteiger partial charge on any atom is -0.504 e. The molecule has 0 heterocycles. The molecule has 0 aromatic heterocycles. The third-order valence-corrected chi connectivity index (χ3v) is 4.70. The molecule has 0 aliphatic rings. The van der Waals surface area contributed by atoms with Gasteiger partial charge in [0, 0.05) is 5.56 Å². The highest BCUT2D eigenvalue weighted by atomic mass is 16.4. The molecule has 0 saturated carbocycles. The lowest BCUT2D eigenvalue weighted by atomic mass is 9.92. The Morgan fingerprint density at radius 3 is 1.79 bits per heavy atom. The van der Waals surface area contributed by atoms with E-state index in [2.05, 4.69) is 0 Å². The first-order valence-corrected chi connectivity index (χ1v) is 9.46. The van der Waals surface area contributed by atoms with Crippen LogP contribution in [0, 0.1) is 0 Å². The maximum Gasteiger partial charge on any atom is 0.234 e. The van der Waals surface area contributed by atoms with Gasteiger partial charge in [-0.3, -0.25) is 14.4 Å². The fourth-order valence-electron chi connectivity index (χ4n) is 2.75. The minimum absolute atomic E-state index is 0.596. The summed E-state index contributed by atoms with van der Waals surface area (Å²) in [4.78, 5) is 36.4. The van der Waals surface area contributed by atoms with Gasteiger partial charge >= 0.3 is 0 Å². The standard InChI is InChI=1S/C22H22O11/c23-12(7-6-10-4-2-1-3-5-10)17(28)19(30)21(32)22(33)20(31)18(29)15(26)11-8-13(24)16(27)14(25)9-11/h1-9,17,19-22,24-25,27-28,30-33H/t17?,19-,20+,21-,22-/m1/s1. The number of carbonyl (C=O) groups excluding carboxylic acids is 3. The van der Waals surface area contributed by atoms with Crippen molar-refractivity contribution in [1.82, 2.24) is 0 Å². The first-order valence-electron chi connectivity index (χ1n) is 9.46. The number of rotatable bonds is 10. The molecule has 1 unspecified atom stereocenters. The predicted octanol–water partition coefficient (Wildman–Crippen LogP) is -1.36. The number of benzene rings is 2. The van der Waals surface area contributed by atoms with Gasteiger partial charge in [0.05, 0.1) is 0 Å². The van der Waals surface area contributed by atoms with Crippen molar-refractivity contribution >= 4 is 23.4 Å². The number of phenolic OH excluding ortho intramolecular Hbond substituents is 3. The van der Waals surface area contributed by atoms with Crippen LogP contribution in [-0.2, 0) is 9.59 Å². The summed E-state index contributed by atoms with van der Waals surface area (Å²) in [6, 6.07) is 9.64. The van der Waals surface area contributed by atoms with Gasteiger partial charge in [0.15, 0.2) is 23.0 Å². The van der Waals surface area contributed by atoms with E-state index in [4.69, 9.17) is 0 Å². The maximum absolute atomic E-state index is 12.2. The number of aliphatic hydroxyl groups is 5. The fourth-order valence-corrected chi connectivity index (χ4v) is 2.75.